The van der Waals surface area contributed by atoms with E-state index in [0.29, 0.717) is 31.1 Å². The van der Waals surface area contributed by atoms with Crippen molar-refractivity contribution in [1.82, 2.24) is 4.90 Å². The van der Waals surface area contributed by atoms with Crippen LogP contribution in [0.25, 0.3) is 5.76 Å². The number of carbonyl (C=O) groups excluding carboxylic acids is 2. The van der Waals surface area contributed by atoms with Gasteiger partial charge in [0.2, 0.25) is 0 Å². The van der Waals surface area contributed by atoms with Crippen LogP contribution in [0.5, 0.6) is 5.75 Å². The molecular weight excluding hydrogens is 442 g/mol. The molecular formula is C29H33NO5. The number of rotatable bonds is 7. The molecule has 4 rings (SSSR count). The molecule has 0 saturated carbocycles. The average molecular weight is 476 g/mol. The van der Waals surface area contributed by atoms with E-state index in [1.165, 1.54) is 0 Å². The fourth-order valence-corrected chi connectivity index (χ4v) is 4.61. The third kappa shape index (κ3) is 5.17. The van der Waals surface area contributed by atoms with Crippen molar-refractivity contribution in [1.29, 1.82) is 0 Å². The maximum atomic E-state index is 13.2. The van der Waals surface area contributed by atoms with Crippen LogP contribution in [0.2, 0.25) is 0 Å². The van der Waals surface area contributed by atoms with Crippen LogP contribution >= 0.6 is 0 Å². The van der Waals surface area contributed by atoms with E-state index in [4.69, 9.17) is 9.47 Å². The molecule has 184 valence electrons. The van der Waals surface area contributed by atoms with E-state index in [9.17, 15) is 14.7 Å². The summed E-state index contributed by atoms with van der Waals surface area (Å²) in [5.41, 5.74) is 2.43. The molecule has 2 aliphatic rings. The Hall–Kier alpha value is -3.38. The highest BCUT2D eigenvalue weighted by Gasteiger charge is 2.47. The molecule has 0 radical (unpaired) electrons. The van der Waals surface area contributed by atoms with Crippen molar-refractivity contribution < 1.29 is 24.2 Å². The SMILES string of the molecule is C=CCOc1ccc(C(O)=C2C(=O)C(=O)N(C[C@@H]3CCCO3)[C@@H]2c2ccc(C(C)(C)C)cc2)cc1. The van der Waals surface area contributed by atoms with Crippen LogP contribution < -0.4 is 4.74 Å². The van der Waals surface area contributed by atoms with Gasteiger partial charge in [0.05, 0.1) is 17.7 Å². The van der Waals surface area contributed by atoms with Crippen LogP contribution in [0.4, 0.5) is 0 Å². The molecule has 0 spiro atoms. The zero-order chi connectivity index (χ0) is 25.2. The lowest BCUT2D eigenvalue weighted by atomic mass is 9.85. The predicted octanol–water partition coefficient (Wildman–Crippen LogP) is 5.15. The first kappa shape index (κ1) is 24.7. The Morgan fingerprint density at radius 1 is 1.14 bits per heavy atom. The lowest BCUT2D eigenvalue weighted by Crippen LogP contribution is -2.36. The zero-order valence-corrected chi connectivity index (χ0v) is 20.6. The highest BCUT2D eigenvalue weighted by Crippen LogP contribution is 2.40. The van der Waals surface area contributed by atoms with Gasteiger partial charge in [0.1, 0.15) is 18.1 Å². The van der Waals surface area contributed by atoms with Crippen molar-refractivity contribution in [3.63, 3.8) is 0 Å². The quantitative estimate of drug-likeness (QED) is 0.259. The summed E-state index contributed by atoms with van der Waals surface area (Å²) in [6.07, 6.45) is 3.30. The van der Waals surface area contributed by atoms with Gasteiger partial charge in [-0.15, -0.1) is 0 Å². The van der Waals surface area contributed by atoms with Crippen molar-refractivity contribution >= 4 is 17.4 Å². The third-order valence-electron chi connectivity index (χ3n) is 6.55. The number of hydrogen-bond acceptors (Lipinski definition) is 5. The number of amides is 1. The molecule has 2 atom stereocenters. The monoisotopic (exact) mass is 475 g/mol. The Balaban J connectivity index is 1.76. The van der Waals surface area contributed by atoms with Crippen LogP contribution in [-0.4, -0.2) is 47.6 Å². The molecule has 6 heteroatoms. The normalized spacial score (nSPS) is 22.0. The van der Waals surface area contributed by atoms with Crippen LogP contribution in [0, 0.1) is 0 Å². The number of Topliss-reactive ketones (excluding diaryl/α,β-unsaturated/α-hetero) is 1. The molecule has 2 aliphatic heterocycles. The van der Waals surface area contributed by atoms with Gasteiger partial charge >= 0.3 is 0 Å². The Labute approximate surface area is 206 Å². The summed E-state index contributed by atoms with van der Waals surface area (Å²) in [4.78, 5) is 28.0. The van der Waals surface area contributed by atoms with Crippen molar-refractivity contribution in [2.45, 2.75) is 51.2 Å². The van der Waals surface area contributed by atoms with Crippen LogP contribution in [-0.2, 0) is 19.7 Å². The molecule has 2 aromatic carbocycles. The second kappa shape index (κ2) is 10.1. The topological polar surface area (TPSA) is 76.1 Å². The maximum absolute atomic E-state index is 13.2. The molecule has 0 aromatic heterocycles. The van der Waals surface area contributed by atoms with Crippen molar-refractivity contribution in [2.75, 3.05) is 19.8 Å². The minimum absolute atomic E-state index is 0.0343. The summed E-state index contributed by atoms with van der Waals surface area (Å²) in [7, 11) is 0. The van der Waals surface area contributed by atoms with Gasteiger partial charge in [-0.3, -0.25) is 9.59 Å². The largest absolute Gasteiger partial charge is 0.507 e. The Morgan fingerprint density at radius 3 is 2.40 bits per heavy atom. The number of likely N-dealkylation sites (tertiary alicyclic amines) is 1. The first-order valence-electron chi connectivity index (χ1n) is 12.1. The second-order valence-corrected chi connectivity index (χ2v) is 10.1. The van der Waals surface area contributed by atoms with Gasteiger partial charge in [-0.1, -0.05) is 57.7 Å². The number of hydrogen-bond donors (Lipinski definition) is 1. The minimum Gasteiger partial charge on any atom is -0.507 e. The van der Waals surface area contributed by atoms with Gasteiger partial charge < -0.3 is 19.5 Å². The van der Waals surface area contributed by atoms with Crippen LogP contribution in [0.3, 0.4) is 0 Å². The lowest BCUT2D eigenvalue weighted by molar-refractivity contribution is -0.140. The molecule has 35 heavy (non-hydrogen) atoms. The highest BCUT2D eigenvalue weighted by atomic mass is 16.5. The Kier molecular flexibility index (Phi) is 7.13. The fraction of sp³-hybridized carbons (Fsp3) is 0.379. The van der Waals surface area contributed by atoms with Gasteiger partial charge in [0.25, 0.3) is 11.7 Å². The number of aliphatic hydroxyl groups excluding tert-OH is 1. The first-order chi connectivity index (χ1) is 16.7. The minimum atomic E-state index is -0.690. The number of carbonyl (C=O) groups is 2. The van der Waals surface area contributed by atoms with Crippen LogP contribution in [0.1, 0.15) is 56.3 Å². The lowest BCUT2D eigenvalue weighted by Gasteiger charge is -2.28. The van der Waals surface area contributed by atoms with Crippen LogP contribution in [0.15, 0.2) is 66.8 Å². The van der Waals surface area contributed by atoms with E-state index in [1.807, 2.05) is 24.3 Å². The number of aliphatic hydroxyl groups is 1. The molecule has 1 N–H and O–H groups in total. The molecule has 2 aromatic rings. The van der Waals surface area contributed by atoms with Gasteiger partial charge in [-0.05, 0) is 53.6 Å². The van der Waals surface area contributed by atoms with E-state index in [0.717, 1.165) is 24.0 Å². The van der Waals surface area contributed by atoms with Gasteiger partial charge in [-0.2, -0.15) is 0 Å². The molecule has 1 amide bonds. The number of benzene rings is 2. The van der Waals surface area contributed by atoms with E-state index >= 15 is 0 Å². The molecule has 0 aliphatic carbocycles. The number of nitrogens with zero attached hydrogens (tertiary/aromatic N) is 1. The molecule has 2 heterocycles. The first-order valence-corrected chi connectivity index (χ1v) is 12.1. The molecule has 0 unspecified atom stereocenters. The average Bonchev–Trinajstić information content (AvgIpc) is 3.44. The third-order valence-corrected chi connectivity index (χ3v) is 6.55. The van der Waals surface area contributed by atoms with Crippen molar-refractivity contribution in [3.8, 4) is 5.75 Å². The summed E-state index contributed by atoms with van der Waals surface area (Å²) >= 11 is 0. The van der Waals surface area contributed by atoms with Gasteiger partial charge in [0.15, 0.2) is 0 Å². The standard InChI is InChI=1S/C29H33NO5/c1-5-16-34-22-14-10-20(11-15-22)26(31)24-25(19-8-12-21(13-9-19)29(2,3)4)30(28(33)27(24)32)18-23-7-6-17-35-23/h5,8-15,23,25,31H,1,6-7,16-18H2,2-4H3/t23-,25+/m0/s1. The smallest absolute Gasteiger partial charge is 0.295 e. The van der Waals surface area contributed by atoms with Gasteiger partial charge in [0, 0.05) is 18.7 Å². The summed E-state index contributed by atoms with van der Waals surface area (Å²) in [6.45, 7) is 11.4. The van der Waals surface area contributed by atoms with E-state index in [-0.39, 0.29) is 22.9 Å². The van der Waals surface area contributed by atoms with Gasteiger partial charge in [-0.25, -0.2) is 0 Å². The van der Waals surface area contributed by atoms with E-state index < -0.39 is 17.7 Å². The number of ketones is 1. The summed E-state index contributed by atoms with van der Waals surface area (Å²) in [5, 5.41) is 11.3. The fourth-order valence-electron chi connectivity index (χ4n) is 4.61. The molecule has 2 saturated heterocycles. The summed E-state index contributed by atoms with van der Waals surface area (Å²) in [6, 6.07) is 14.0. The predicted molar refractivity (Wildman–Crippen MR) is 135 cm³/mol. The Morgan fingerprint density at radius 2 is 1.83 bits per heavy atom. The zero-order valence-electron chi connectivity index (χ0n) is 20.6. The molecule has 2 fully saturated rings. The summed E-state index contributed by atoms with van der Waals surface area (Å²) < 4.78 is 11.3. The summed E-state index contributed by atoms with van der Waals surface area (Å²) in [5.74, 6) is -0.872. The van der Waals surface area contributed by atoms with Crippen molar-refractivity contribution in [3.05, 3.63) is 83.4 Å². The highest BCUT2D eigenvalue weighted by molar-refractivity contribution is 6.46. The molecule has 0 bridgehead atoms. The second-order valence-electron chi connectivity index (χ2n) is 10.1. The maximum Gasteiger partial charge on any atom is 0.295 e. The van der Waals surface area contributed by atoms with Crippen molar-refractivity contribution in [2.24, 2.45) is 0 Å². The van der Waals surface area contributed by atoms with E-state index in [2.05, 4.69) is 27.4 Å². The molecule has 6 nitrogen and oxygen atoms in total. The number of ether oxygens (including phenoxy) is 2. The van der Waals surface area contributed by atoms with E-state index in [1.54, 1.807) is 35.2 Å². The Bertz CT molecular complexity index is 1120.